The number of ether oxygens (including phenoxy) is 1. The maximum atomic E-state index is 13.3. The lowest BCUT2D eigenvalue weighted by atomic mass is 10.1. The summed E-state index contributed by atoms with van der Waals surface area (Å²) in [6.45, 7) is 9.16. The van der Waals surface area contributed by atoms with Crippen molar-refractivity contribution in [2.24, 2.45) is 0 Å². The molecule has 0 saturated carbocycles. The van der Waals surface area contributed by atoms with Gasteiger partial charge in [-0.05, 0) is 57.9 Å². The molecular formula is C27H27ClN4O3. The minimum absolute atomic E-state index is 0.0839. The van der Waals surface area contributed by atoms with Gasteiger partial charge in [0.25, 0.3) is 5.56 Å². The molecule has 180 valence electrons. The summed E-state index contributed by atoms with van der Waals surface area (Å²) in [6.07, 6.45) is 1.60. The number of benzene rings is 2. The monoisotopic (exact) mass is 490 g/mol. The molecule has 0 amide bonds. The number of hydrogen-bond acceptors (Lipinski definition) is 6. The normalized spacial score (nSPS) is 11.5. The van der Waals surface area contributed by atoms with Crippen molar-refractivity contribution in [3.8, 4) is 22.8 Å². The van der Waals surface area contributed by atoms with Crippen LogP contribution in [-0.2, 0) is 12.2 Å². The van der Waals surface area contributed by atoms with Crippen LogP contribution in [0.2, 0.25) is 5.02 Å². The minimum Gasteiger partial charge on any atom is -0.472 e. The Morgan fingerprint density at radius 2 is 1.83 bits per heavy atom. The lowest BCUT2D eigenvalue weighted by Gasteiger charge is -2.17. The van der Waals surface area contributed by atoms with Gasteiger partial charge in [-0.3, -0.25) is 9.36 Å². The molecule has 7 nitrogen and oxygen atoms in total. The van der Waals surface area contributed by atoms with Crippen molar-refractivity contribution in [1.29, 1.82) is 0 Å². The van der Waals surface area contributed by atoms with E-state index in [1.165, 1.54) is 4.57 Å². The van der Waals surface area contributed by atoms with Gasteiger partial charge in [-0.15, -0.1) is 0 Å². The minimum atomic E-state index is -1.18. The fraction of sp³-hybridized carbons (Fsp3) is 0.259. The number of aromatic nitrogens is 4. The highest BCUT2D eigenvalue weighted by Gasteiger charge is 2.21. The van der Waals surface area contributed by atoms with Gasteiger partial charge in [0, 0.05) is 11.8 Å². The smallest absolute Gasteiger partial charge is 0.280 e. The van der Waals surface area contributed by atoms with E-state index in [0.717, 1.165) is 22.3 Å². The first-order chi connectivity index (χ1) is 16.5. The summed E-state index contributed by atoms with van der Waals surface area (Å²) >= 11 is 6.43. The van der Waals surface area contributed by atoms with Crippen LogP contribution in [0.5, 0.6) is 5.88 Å². The molecule has 0 aliphatic heterocycles. The van der Waals surface area contributed by atoms with Crippen molar-refractivity contribution in [3.63, 3.8) is 0 Å². The zero-order valence-electron chi connectivity index (χ0n) is 20.3. The van der Waals surface area contributed by atoms with Crippen LogP contribution in [0.4, 0.5) is 0 Å². The summed E-state index contributed by atoms with van der Waals surface area (Å²) < 4.78 is 7.27. The third-order valence-electron chi connectivity index (χ3n) is 5.57. The van der Waals surface area contributed by atoms with Crippen LogP contribution in [-0.4, -0.2) is 24.6 Å². The SMILES string of the molecule is Cc1cccc(COc2nc(C)n(-c3cc(-c4ccnc(C(C)(C)O)n4)ccc3C)c(=O)c2Cl)c1. The van der Waals surface area contributed by atoms with Crippen molar-refractivity contribution >= 4 is 11.6 Å². The van der Waals surface area contributed by atoms with Crippen molar-refractivity contribution < 1.29 is 9.84 Å². The number of aliphatic hydroxyl groups is 1. The maximum Gasteiger partial charge on any atom is 0.280 e. The van der Waals surface area contributed by atoms with E-state index in [-0.39, 0.29) is 17.5 Å². The first kappa shape index (κ1) is 24.6. The first-order valence-electron chi connectivity index (χ1n) is 11.2. The summed E-state index contributed by atoms with van der Waals surface area (Å²) in [7, 11) is 0. The number of aryl methyl sites for hydroxylation is 3. The molecule has 4 rings (SSSR count). The van der Waals surface area contributed by atoms with Crippen LogP contribution in [0.15, 0.2) is 59.5 Å². The van der Waals surface area contributed by atoms with Crippen molar-refractivity contribution in [3.05, 3.63) is 98.4 Å². The van der Waals surface area contributed by atoms with Gasteiger partial charge >= 0.3 is 0 Å². The molecule has 0 unspecified atom stereocenters. The molecule has 4 aromatic rings. The Balaban J connectivity index is 1.72. The fourth-order valence-electron chi connectivity index (χ4n) is 3.74. The van der Waals surface area contributed by atoms with Crippen molar-refractivity contribution in [1.82, 2.24) is 19.5 Å². The first-order valence-corrected chi connectivity index (χ1v) is 11.6. The molecule has 2 heterocycles. The summed E-state index contributed by atoms with van der Waals surface area (Å²) in [6, 6.07) is 15.3. The van der Waals surface area contributed by atoms with Gasteiger partial charge in [0.15, 0.2) is 10.8 Å². The maximum absolute atomic E-state index is 13.3. The Kier molecular flexibility index (Phi) is 6.74. The Morgan fingerprint density at radius 1 is 1.06 bits per heavy atom. The number of halogens is 1. The predicted molar refractivity (Wildman–Crippen MR) is 136 cm³/mol. The van der Waals surface area contributed by atoms with Gasteiger partial charge in [-0.1, -0.05) is 53.6 Å². The van der Waals surface area contributed by atoms with E-state index < -0.39 is 11.2 Å². The summed E-state index contributed by atoms with van der Waals surface area (Å²) in [4.78, 5) is 26.5. The Morgan fingerprint density at radius 3 is 2.54 bits per heavy atom. The molecule has 0 atom stereocenters. The van der Waals surface area contributed by atoms with Gasteiger partial charge in [-0.25, -0.2) is 9.97 Å². The molecule has 8 heteroatoms. The Labute approximate surface area is 209 Å². The van der Waals surface area contributed by atoms with Gasteiger partial charge in [0.1, 0.15) is 18.0 Å². The van der Waals surface area contributed by atoms with Crippen LogP contribution in [0.25, 0.3) is 16.9 Å². The lowest BCUT2D eigenvalue weighted by molar-refractivity contribution is 0.0688. The highest BCUT2D eigenvalue weighted by Crippen LogP contribution is 2.27. The molecule has 0 bridgehead atoms. The van der Waals surface area contributed by atoms with Crippen molar-refractivity contribution in [2.45, 2.75) is 46.8 Å². The second kappa shape index (κ2) is 9.60. The third kappa shape index (κ3) is 5.26. The Bertz CT molecular complexity index is 1460. The van der Waals surface area contributed by atoms with E-state index in [0.29, 0.717) is 23.0 Å². The largest absolute Gasteiger partial charge is 0.472 e. The Hall–Kier alpha value is -3.55. The zero-order valence-corrected chi connectivity index (χ0v) is 21.1. The fourth-order valence-corrected chi connectivity index (χ4v) is 3.92. The summed E-state index contributed by atoms with van der Waals surface area (Å²) in [5, 5.41) is 10.2. The van der Waals surface area contributed by atoms with Gasteiger partial charge in [0.05, 0.1) is 11.4 Å². The number of hydrogen-bond donors (Lipinski definition) is 1. The highest BCUT2D eigenvalue weighted by molar-refractivity contribution is 6.31. The molecule has 0 aliphatic carbocycles. The lowest BCUT2D eigenvalue weighted by Crippen LogP contribution is -2.24. The second-order valence-electron chi connectivity index (χ2n) is 9.02. The second-order valence-corrected chi connectivity index (χ2v) is 9.40. The topological polar surface area (TPSA) is 90.1 Å². The van der Waals surface area contributed by atoms with E-state index in [4.69, 9.17) is 16.3 Å². The van der Waals surface area contributed by atoms with Crippen LogP contribution in [0.3, 0.4) is 0 Å². The average molecular weight is 491 g/mol. The van der Waals surface area contributed by atoms with E-state index in [2.05, 4.69) is 15.0 Å². The molecule has 35 heavy (non-hydrogen) atoms. The molecule has 0 aliphatic rings. The molecule has 0 radical (unpaired) electrons. The van der Waals surface area contributed by atoms with Crippen LogP contribution >= 0.6 is 11.6 Å². The number of rotatable bonds is 6. The molecular weight excluding hydrogens is 464 g/mol. The van der Waals surface area contributed by atoms with Crippen LogP contribution < -0.4 is 10.3 Å². The highest BCUT2D eigenvalue weighted by atomic mass is 35.5. The summed E-state index contributed by atoms with van der Waals surface area (Å²) in [5.74, 6) is 0.857. The van der Waals surface area contributed by atoms with Crippen molar-refractivity contribution in [2.75, 3.05) is 0 Å². The zero-order chi connectivity index (χ0) is 25.3. The van der Waals surface area contributed by atoms with Gasteiger partial charge < -0.3 is 9.84 Å². The van der Waals surface area contributed by atoms with E-state index in [1.807, 2.05) is 56.3 Å². The van der Waals surface area contributed by atoms with E-state index >= 15 is 0 Å². The standard InChI is InChI=1S/C27H27ClN4O3/c1-16-7-6-8-19(13-16)15-35-24-23(28)25(33)32(18(3)30-24)22-14-20(10-9-17(22)2)21-11-12-29-26(31-21)27(4,5)34/h6-14,34H,15H2,1-5H3. The van der Waals surface area contributed by atoms with Crippen LogP contribution in [0.1, 0.15) is 42.2 Å². The molecule has 0 saturated heterocycles. The van der Waals surface area contributed by atoms with Crippen LogP contribution in [0, 0.1) is 20.8 Å². The van der Waals surface area contributed by atoms with Gasteiger partial charge in [-0.2, -0.15) is 4.98 Å². The predicted octanol–water partition coefficient (Wildman–Crippen LogP) is 5.07. The third-order valence-corrected chi connectivity index (χ3v) is 5.90. The molecule has 0 fully saturated rings. The van der Waals surface area contributed by atoms with E-state index in [1.54, 1.807) is 33.0 Å². The van der Waals surface area contributed by atoms with E-state index in [9.17, 15) is 9.90 Å². The van der Waals surface area contributed by atoms with Gasteiger partial charge in [0.2, 0.25) is 5.88 Å². The molecule has 2 aromatic heterocycles. The summed E-state index contributed by atoms with van der Waals surface area (Å²) in [5.41, 5.74) is 3.37. The number of nitrogens with zero attached hydrogens (tertiary/aromatic N) is 4. The molecule has 1 N–H and O–H groups in total. The average Bonchev–Trinajstić information content (AvgIpc) is 2.81. The quantitative estimate of drug-likeness (QED) is 0.405. The molecule has 0 spiro atoms. The molecule has 2 aromatic carbocycles.